The van der Waals surface area contributed by atoms with E-state index in [1.54, 1.807) is 0 Å². The number of nitrogens with zero attached hydrogens (tertiary/aromatic N) is 1. The number of aryl methyl sites for hydroxylation is 1. The van der Waals surface area contributed by atoms with Gasteiger partial charge in [0.25, 0.3) is 0 Å². The molecule has 0 unspecified atom stereocenters. The third kappa shape index (κ3) is 3.35. The van der Waals surface area contributed by atoms with Crippen molar-refractivity contribution in [3.8, 4) is 10.6 Å². The molecule has 1 fully saturated rings. The number of hydrogen-bond donors (Lipinski definition) is 0. The molecule has 3 nitrogen and oxygen atoms in total. The summed E-state index contributed by atoms with van der Waals surface area (Å²) in [6.45, 7) is 9.74. The highest BCUT2D eigenvalue weighted by Crippen LogP contribution is 2.38. The number of benzene rings is 1. The van der Waals surface area contributed by atoms with Crippen LogP contribution in [0, 0.1) is 6.92 Å². The van der Waals surface area contributed by atoms with Crippen LogP contribution in [-0.2, 0) is 15.5 Å². The predicted molar refractivity (Wildman–Crippen MR) is 93.0 cm³/mol. The van der Waals surface area contributed by atoms with E-state index in [-0.39, 0.29) is 0 Å². The molecule has 0 bridgehead atoms. The smallest absolute Gasteiger partial charge is 0.399 e. The molecule has 1 aromatic carbocycles. The molecule has 0 aliphatic carbocycles. The predicted octanol–water partition coefficient (Wildman–Crippen LogP) is 4.44. The second kappa shape index (κ2) is 5.82. The lowest BCUT2D eigenvalue weighted by Crippen LogP contribution is -2.41. The van der Waals surface area contributed by atoms with Gasteiger partial charge in [0.2, 0.25) is 0 Å². The molecule has 1 aromatic heterocycles. The van der Waals surface area contributed by atoms with E-state index in [0.29, 0.717) is 10.6 Å². The van der Waals surface area contributed by atoms with Gasteiger partial charge in [0.1, 0.15) is 5.01 Å². The van der Waals surface area contributed by atoms with E-state index in [4.69, 9.17) is 9.31 Å². The van der Waals surface area contributed by atoms with Crippen LogP contribution in [0.4, 0.5) is 13.2 Å². The second-order valence-electron chi connectivity index (χ2n) is 7.13. The van der Waals surface area contributed by atoms with Crippen LogP contribution in [-0.4, -0.2) is 23.3 Å². The maximum atomic E-state index is 12.7. The molecule has 8 heteroatoms. The number of rotatable bonds is 2. The summed E-state index contributed by atoms with van der Waals surface area (Å²) in [5.41, 5.74) is -0.177. The average Bonchev–Trinajstić information content (AvgIpc) is 2.96. The third-order valence-corrected chi connectivity index (χ3v) is 5.99. The fourth-order valence-electron chi connectivity index (χ4n) is 2.50. The zero-order valence-electron chi connectivity index (χ0n) is 14.7. The first kappa shape index (κ1) is 18.4. The number of thiazole rings is 1. The average molecular weight is 369 g/mol. The Bertz CT molecular complexity index is 768. The van der Waals surface area contributed by atoms with Crippen molar-refractivity contribution < 1.29 is 22.5 Å². The van der Waals surface area contributed by atoms with Gasteiger partial charge >= 0.3 is 13.3 Å². The van der Waals surface area contributed by atoms with E-state index >= 15 is 0 Å². The minimum Gasteiger partial charge on any atom is -0.399 e. The molecule has 0 radical (unpaired) electrons. The van der Waals surface area contributed by atoms with Crippen LogP contribution < -0.4 is 4.78 Å². The topological polar surface area (TPSA) is 31.4 Å². The molecular formula is C17H19BF3NO2S. The zero-order chi connectivity index (χ0) is 18.6. The highest BCUT2D eigenvalue weighted by Gasteiger charge is 2.52. The third-order valence-electron chi connectivity index (χ3n) is 4.76. The highest BCUT2D eigenvalue weighted by atomic mass is 32.1. The molecule has 2 aromatic rings. The van der Waals surface area contributed by atoms with Gasteiger partial charge in [0.15, 0.2) is 0 Å². The molecule has 1 aliphatic heterocycles. The largest absolute Gasteiger partial charge is 0.507 e. The number of halogens is 3. The van der Waals surface area contributed by atoms with Crippen molar-refractivity contribution in [2.24, 2.45) is 0 Å². The Morgan fingerprint density at radius 2 is 1.52 bits per heavy atom. The molecule has 0 amide bonds. The molecular weight excluding hydrogens is 350 g/mol. The van der Waals surface area contributed by atoms with Gasteiger partial charge in [-0.25, -0.2) is 4.98 Å². The normalized spacial score (nSPS) is 19.4. The van der Waals surface area contributed by atoms with Crippen LogP contribution in [0.15, 0.2) is 24.3 Å². The molecule has 134 valence electrons. The molecule has 25 heavy (non-hydrogen) atoms. The lowest BCUT2D eigenvalue weighted by Gasteiger charge is -2.32. The number of alkyl halides is 3. The molecule has 0 N–H and O–H groups in total. The van der Waals surface area contributed by atoms with Gasteiger partial charge in [0, 0.05) is 11.3 Å². The first-order chi connectivity index (χ1) is 11.4. The number of aromatic nitrogens is 1. The monoisotopic (exact) mass is 369 g/mol. The summed E-state index contributed by atoms with van der Waals surface area (Å²) in [6.07, 6.45) is -4.34. The Morgan fingerprint density at radius 1 is 1.00 bits per heavy atom. The molecule has 0 atom stereocenters. The molecule has 1 saturated heterocycles. The van der Waals surface area contributed by atoms with Crippen molar-refractivity contribution in [1.29, 1.82) is 0 Å². The first-order valence-electron chi connectivity index (χ1n) is 7.91. The van der Waals surface area contributed by atoms with E-state index in [0.717, 1.165) is 22.6 Å². The van der Waals surface area contributed by atoms with Crippen molar-refractivity contribution in [2.75, 3.05) is 0 Å². The quantitative estimate of drug-likeness (QED) is 0.734. The fraction of sp³-hybridized carbons (Fsp3) is 0.471. The Morgan fingerprint density at radius 3 is 2.00 bits per heavy atom. The van der Waals surface area contributed by atoms with Crippen LogP contribution in [0.25, 0.3) is 10.6 Å². The Labute approximate surface area is 149 Å². The number of hydrogen-bond acceptors (Lipinski definition) is 4. The summed E-state index contributed by atoms with van der Waals surface area (Å²) >= 11 is 1.38. The van der Waals surface area contributed by atoms with E-state index < -0.39 is 30.1 Å². The van der Waals surface area contributed by atoms with Gasteiger partial charge in [-0.3, -0.25) is 0 Å². The van der Waals surface area contributed by atoms with Gasteiger partial charge in [-0.05, 0) is 46.8 Å². The van der Waals surface area contributed by atoms with Crippen molar-refractivity contribution in [2.45, 2.75) is 52.0 Å². The standard InChI is InChI=1S/C17H19BF3NO2S/c1-10-13(18-23-15(2,3)16(4,5)24-18)25-14(22-10)11-6-8-12(9-7-11)17(19,20)21/h6-9H,1-5H3. The van der Waals surface area contributed by atoms with Crippen LogP contribution >= 0.6 is 11.3 Å². The molecule has 2 heterocycles. The van der Waals surface area contributed by atoms with E-state index in [9.17, 15) is 13.2 Å². The molecule has 1 aliphatic rings. The first-order valence-corrected chi connectivity index (χ1v) is 8.73. The van der Waals surface area contributed by atoms with E-state index in [2.05, 4.69) is 4.98 Å². The van der Waals surface area contributed by atoms with Crippen LogP contribution in [0.2, 0.25) is 0 Å². The Hall–Kier alpha value is -1.38. The lowest BCUT2D eigenvalue weighted by atomic mass is 9.86. The van der Waals surface area contributed by atoms with Crippen LogP contribution in [0.5, 0.6) is 0 Å². The lowest BCUT2D eigenvalue weighted by molar-refractivity contribution is -0.137. The van der Waals surface area contributed by atoms with Crippen molar-refractivity contribution >= 4 is 23.2 Å². The summed E-state index contributed by atoms with van der Waals surface area (Å²) in [5.74, 6) is 0. The summed E-state index contributed by atoms with van der Waals surface area (Å²) < 4.78 is 51.0. The summed E-state index contributed by atoms with van der Waals surface area (Å²) in [7, 11) is -0.523. The van der Waals surface area contributed by atoms with Gasteiger partial charge in [-0.1, -0.05) is 12.1 Å². The minimum absolute atomic E-state index is 0.456. The summed E-state index contributed by atoms with van der Waals surface area (Å²) in [5, 5.41) is 0.649. The highest BCUT2D eigenvalue weighted by molar-refractivity contribution is 7.25. The van der Waals surface area contributed by atoms with E-state index in [1.165, 1.54) is 23.5 Å². The van der Waals surface area contributed by atoms with Gasteiger partial charge in [-0.2, -0.15) is 13.2 Å². The minimum atomic E-state index is -4.34. The summed E-state index contributed by atoms with van der Waals surface area (Å²) in [6, 6.07) is 5.02. The molecule has 0 spiro atoms. The second-order valence-corrected chi connectivity index (χ2v) is 8.16. The Kier molecular flexibility index (Phi) is 4.29. The van der Waals surface area contributed by atoms with Gasteiger partial charge in [0.05, 0.1) is 21.5 Å². The van der Waals surface area contributed by atoms with Crippen molar-refractivity contribution in [3.63, 3.8) is 0 Å². The molecule has 3 rings (SSSR count). The maximum Gasteiger partial charge on any atom is 0.507 e. The van der Waals surface area contributed by atoms with E-state index in [1.807, 2.05) is 34.6 Å². The summed E-state index contributed by atoms with van der Waals surface area (Å²) in [4.78, 5) is 4.49. The fourth-order valence-corrected chi connectivity index (χ4v) is 3.53. The maximum absolute atomic E-state index is 12.7. The SMILES string of the molecule is Cc1nc(-c2ccc(C(F)(F)F)cc2)sc1B1OC(C)(C)C(C)(C)O1. The van der Waals surface area contributed by atoms with Gasteiger partial charge in [-0.15, -0.1) is 11.3 Å². The molecule has 0 saturated carbocycles. The van der Waals surface area contributed by atoms with Crippen molar-refractivity contribution in [1.82, 2.24) is 4.98 Å². The van der Waals surface area contributed by atoms with Crippen LogP contribution in [0.1, 0.15) is 39.0 Å². The van der Waals surface area contributed by atoms with Gasteiger partial charge < -0.3 is 9.31 Å². The zero-order valence-corrected chi connectivity index (χ0v) is 15.5. The Balaban J connectivity index is 1.89. The van der Waals surface area contributed by atoms with Crippen molar-refractivity contribution in [3.05, 3.63) is 35.5 Å². The van der Waals surface area contributed by atoms with Crippen LogP contribution in [0.3, 0.4) is 0 Å².